The maximum atomic E-state index is 6.25. The Morgan fingerprint density at radius 3 is 2.61 bits per heavy atom. The van der Waals surface area contributed by atoms with Gasteiger partial charge in [0.1, 0.15) is 24.7 Å². The van der Waals surface area contributed by atoms with Gasteiger partial charge in [-0.1, -0.05) is 12.1 Å². The summed E-state index contributed by atoms with van der Waals surface area (Å²) in [4.78, 5) is 14.2. The van der Waals surface area contributed by atoms with Crippen molar-refractivity contribution in [3.05, 3.63) is 54.7 Å². The second-order valence-electron chi connectivity index (χ2n) is 9.64. The van der Waals surface area contributed by atoms with E-state index < -0.39 is 0 Å². The summed E-state index contributed by atoms with van der Waals surface area (Å²) in [5.74, 6) is 3.11. The first kappa shape index (κ1) is 23.1. The van der Waals surface area contributed by atoms with Crippen molar-refractivity contribution in [2.45, 2.75) is 12.8 Å². The summed E-state index contributed by atoms with van der Waals surface area (Å²) in [6.45, 7) is 7.42. The maximum absolute atomic E-state index is 6.25. The third-order valence-electron chi connectivity index (χ3n) is 6.91. The van der Waals surface area contributed by atoms with Crippen molar-refractivity contribution in [2.24, 2.45) is 5.92 Å². The zero-order valence-corrected chi connectivity index (χ0v) is 20.6. The van der Waals surface area contributed by atoms with Crippen molar-refractivity contribution < 1.29 is 14.2 Å². The molecule has 1 aliphatic carbocycles. The molecule has 1 aromatic heterocycles. The van der Waals surface area contributed by atoms with Gasteiger partial charge in [-0.05, 0) is 49.1 Å². The third-order valence-corrected chi connectivity index (χ3v) is 6.91. The summed E-state index contributed by atoms with van der Waals surface area (Å²) >= 11 is 0. The highest BCUT2D eigenvalue weighted by Gasteiger charge is 2.27. The van der Waals surface area contributed by atoms with Crippen LogP contribution in [0.1, 0.15) is 12.8 Å². The lowest BCUT2D eigenvalue weighted by Gasteiger charge is -2.37. The average molecular weight is 488 g/mol. The molecule has 6 rings (SSSR count). The number of ether oxygens (including phenoxy) is 3. The fraction of sp³-hybridized carbons (Fsp3) is 0.429. The molecule has 0 amide bonds. The molecule has 0 unspecified atom stereocenters. The van der Waals surface area contributed by atoms with E-state index in [0.717, 1.165) is 66.2 Å². The molecular formula is C28H33N5O3. The molecule has 2 aromatic carbocycles. The third kappa shape index (κ3) is 5.71. The Bertz CT molecular complexity index is 1180. The Balaban J connectivity index is 1.24. The zero-order chi connectivity index (χ0) is 24.2. The molecule has 0 radical (unpaired) electrons. The van der Waals surface area contributed by atoms with E-state index in [9.17, 15) is 0 Å². The van der Waals surface area contributed by atoms with Crippen molar-refractivity contribution >= 4 is 17.3 Å². The maximum Gasteiger partial charge on any atom is 0.227 e. The van der Waals surface area contributed by atoms with Crippen molar-refractivity contribution in [1.82, 2.24) is 14.9 Å². The molecule has 1 saturated heterocycles. The van der Waals surface area contributed by atoms with Gasteiger partial charge in [0, 0.05) is 56.2 Å². The van der Waals surface area contributed by atoms with Crippen molar-refractivity contribution in [3.8, 4) is 22.8 Å². The molecule has 2 aliphatic heterocycles. The molecule has 188 valence electrons. The number of benzene rings is 2. The molecule has 3 aliphatic rings. The lowest BCUT2D eigenvalue weighted by molar-refractivity contribution is 0.0765. The van der Waals surface area contributed by atoms with Crippen molar-refractivity contribution in [1.29, 1.82) is 0 Å². The Hall–Kier alpha value is -3.36. The molecule has 1 N–H and O–H groups in total. The molecule has 0 atom stereocenters. The van der Waals surface area contributed by atoms with E-state index in [-0.39, 0.29) is 0 Å². The van der Waals surface area contributed by atoms with Crippen LogP contribution in [0.2, 0.25) is 0 Å². The second kappa shape index (κ2) is 10.7. The molecule has 0 spiro atoms. The minimum Gasteiger partial charge on any atom is -0.491 e. The largest absolute Gasteiger partial charge is 0.491 e. The predicted octanol–water partition coefficient (Wildman–Crippen LogP) is 4.21. The molecule has 2 fully saturated rings. The summed E-state index contributed by atoms with van der Waals surface area (Å²) < 4.78 is 17.9. The smallest absolute Gasteiger partial charge is 0.227 e. The molecule has 3 aromatic rings. The molecule has 3 heterocycles. The van der Waals surface area contributed by atoms with Gasteiger partial charge in [-0.15, -0.1) is 0 Å². The van der Waals surface area contributed by atoms with Crippen LogP contribution in [0.5, 0.6) is 11.5 Å². The average Bonchev–Trinajstić information content (AvgIpc) is 3.73. The summed E-state index contributed by atoms with van der Waals surface area (Å²) in [7, 11) is 0. The van der Waals surface area contributed by atoms with Gasteiger partial charge >= 0.3 is 0 Å². The molecule has 1 saturated carbocycles. The van der Waals surface area contributed by atoms with Crippen LogP contribution in [0, 0.1) is 5.92 Å². The first-order valence-electron chi connectivity index (χ1n) is 13.0. The topological polar surface area (TPSA) is 72.0 Å². The normalized spacial score (nSPS) is 18.9. The number of hydrogen-bond acceptors (Lipinski definition) is 8. The summed E-state index contributed by atoms with van der Waals surface area (Å²) in [6, 6.07) is 16.1. The van der Waals surface area contributed by atoms with Crippen molar-refractivity contribution in [2.75, 3.05) is 69.4 Å². The number of fused-ring (bicyclic) bond motifs is 7. The van der Waals surface area contributed by atoms with E-state index in [1.165, 1.54) is 19.4 Å². The van der Waals surface area contributed by atoms with Crippen LogP contribution < -0.4 is 19.7 Å². The van der Waals surface area contributed by atoms with E-state index in [0.29, 0.717) is 32.4 Å². The highest BCUT2D eigenvalue weighted by Crippen LogP contribution is 2.34. The fourth-order valence-corrected chi connectivity index (χ4v) is 4.79. The predicted molar refractivity (Wildman–Crippen MR) is 140 cm³/mol. The highest BCUT2D eigenvalue weighted by molar-refractivity contribution is 5.68. The standard InChI is InChI=1S/C28H33N5O3/c1-2-22-18-24(3-1)35-16-14-34-15-17-36-27-19-23(30-28-29-9-8-25(22)31-28)6-7-26(27)33-12-10-32(11-13-33)20-21-4-5-21/h1-3,6-9,18-19,21H,4-5,10-17,20H2,(H,29,30,31). The lowest BCUT2D eigenvalue weighted by atomic mass is 10.1. The molecule has 6 bridgehead atoms. The number of nitrogens with one attached hydrogen (secondary N) is 1. The minimum absolute atomic E-state index is 0.472. The summed E-state index contributed by atoms with van der Waals surface area (Å²) in [5, 5.41) is 3.36. The van der Waals surface area contributed by atoms with Gasteiger partial charge in [-0.25, -0.2) is 9.97 Å². The van der Waals surface area contributed by atoms with Crippen molar-refractivity contribution in [3.63, 3.8) is 0 Å². The number of rotatable bonds is 3. The van der Waals surface area contributed by atoms with E-state index >= 15 is 0 Å². The van der Waals surface area contributed by atoms with Crippen LogP contribution in [-0.2, 0) is 4.74 Å². The quantitative estimate of drug-likeness (QED) is 0.589. The van der Waals surface area contributed by atoms with E-state index in [1.54, 1.807) is 6.20 Å². The van der Waals surface area contributed by atoms with Crippen LogP contribution in [-0.4, -0.2) is 74.0 Å². The SMILES string of the molecule is c1cc2cc(c1)-c1ccnc(n1)Nc1ccc(N3CCN(CC4CC4)CC3)c(c1)OCCOCCO2. The van der Waals surface area contributed by atoms with E-state index in [1.807, 2.05) is 36.4 Å². The Morgan fingerprint density at radius 1 is 0.889 bits per heavy atom. The van der Waals surface area contributed by atoms with Gasteiger partial charge in [0.25, 0.3) is 0 Å². The molecular weight excluding hydrogens is 454 g/mol. The van der Waals surface area contributed by atoms with Crippen LogP contribution in [0.4, 0.5) is 17.3 Å². The number of nitrogens with zero attached hydrogens (tertiary/aromatic N) is 4. The van der Waals surface area contributed by atoms with Gasteiger partial charge < -0.3 is 24.4 Å². The number of hydrogen-bond donors (Lipinski definition) is 1. The van der Waals surface area contributed by atoms with Crippen LogP contribution >= 0.6 is 0 Å². The first-order valence-corrected chi connectivity index (χ1v) is 13.0. The fourth-order valence-electron chi connectivity index (χ4n) is 4.79. The molecule has 36 heavy (non-hydrogen) atoms. The van der Waals surface area contributed by atoms with E-state index in [4.69, 9.17) is 19.2 Å². The van der Waals surface area contributed by atoms with E-state index in [2.05, 4.69) is 32.2 Å². The molecule has 8 heteroatoms. The Morgan fingerprint density at radius 2 is 1.75 bits per heavy atom. The van der Waals surface area contributed by atoms with Crippen LogP contribution in [0.25, 0.3) is 11.3 Å². The van der Waals surface area contributed by atoms with Gasteiger partial charge in [-0.2, -0.15) is 0 Å². The van der Waals surface area contributed by atoms with Gasteiger partial charge in [0.2, 0.25) is 5.95 Å². The number of anilines is 3. The summed E-state index contributed by atoms with van der Waals surface area (Å²) in [6.07, 6.45) is 4.58. The minimum atomic E-state index is 0.472. The highest BCUT2D eigenvalue weighted by atomic mass is 16.5. The summed E-state index contributed by atoms with van der Waals surface area (Å²) in [5.41, 5.74) is 3.82. The molecule has 8 nitrogen and oxygen atoms in total. The van der Waals surface area contributed by atoms with Gasteiger partial charge in [-0.3, -0.25) is 4.90 Å². The Labute approximate surface area is 212 Å². The van der Waals surface area contributed by atoms with Gasteiger partial charge in [0.05, 0.1) is 24.6 Å². The first-order chi connectivity index (χ1) is 17.8. The van der Waals surface area contributed by atoms with Gasteiger partial charge in [0.15, 0.2) is 0 Å². The Kier molecular flexibility index (Phi) is 6.87. The monoisotopic (exact) mass is 487 g/mol. The zero-order valence-electron chi connectivity index (χ0n) is 20.6. The van der Waals surface area contributed by atoms with Crippen LogP contribution in [0.15, 0.2) is 54.7 Å². The van der Waals surface area contributed by atoms with Crippen LogP contribution in [0.3, 0.4) is 0 Å². The number of aromatic nitrogens is 2. The lowest BCUT2D eigenvalue weighted by Crippen LogP contribution is -2.47. The second-order valence-corrected chi connectivity index (χ2v) is 9.64. The number of piperazine rings is 1.